The number of aromatic nitrogens is 14. The zero-order valence-corrected chi connectivity index (χ0v) is 58.1. The summed E-state index contributed by atoms with van der Waals surface area (Å²) in [5, 5.41) is 27.2. The number of aliphatic carboxylic acids is 1. The SMILES string of the molecule is CCOC(=O)c1ccc(C)nc1.Cc1ccc(/C=C/[N+](=O)[O-])cn1.Cc1ccc(C=O)cn1.Cc1ccc(CCCC(=O)Cn2cnc3c2c(=O)n(C)c(=O)n3C)cn1.Cc1ccc(CCN)cn1.Cc1ccc(CO)cn1.Cn1c(=O)c2c(ncn2CC(=O)O)n(C)c1=O.[2H]CI. The summed E-state index contributed by atoms with van der Waals surface area (Å²) in [6.45, 7) is 14.1. The summed E-state index contributed by atoms with van der Waals surface area (Å²) in [6, 6.07) is 22.4. The first-order chi connectivity index (χ1) is 46.6. The number of carbonyl (C=O) groups excluding carboxylic acids is 3. The number of esters is 1. The van der Waals surface area contributed by atoms with Crippen LogP contribution in [0.15, 0.2) is 148 Å². The molecule has 0 aromatic carbocycles. The fourth-order valence-electron chi connectivity index (χ4n) is 8.07. The Balaban J connectivity index is 0.000000307. The van der Waals surface area contributed by atoms with Crippen LogP contribution in [0.1, 0.15) is 98.3 Å². The summed E-state index contributed by atoms with van der Waals surface area (Å²) in [5.41, 5.74) is 15.0. The summed E-state index contributed by atoms with van der Waals surface area (Å²) >= 11 is 1.96. The van der Waals surface area contributed by atoms with Crippen LogP contribution in [0.4, 0.5) is 0 Å². The number of aryl methyl sites for hydroxylation is 9. The molecule has 97 heavy (non-hydrogen) atoms. The number of alkyl halides is 1. The van der Waals surface area contributed by atoms with Crippen LogP contribution in [0.2, 0.25) is 0 Å². The second kappa shape index (κ2) is 41.9. The number of rotatable bonds is 16. The molecule has 0 bridgehead atoms. The van der Waals surface area contributed by atoms with E-state index in [9.17, 15) is 48.5 Å². The molecule has 0 saturated heterocycles. The molecule has 10 aromatic heterocycles. The predicted molar refractivity (Wildman–Crippen MR) is 376 cm³/mol. The molecule has 0 fully saturated rings. The molecular weight excluding hydrogens is 1360 g/mol. The summed E-state index contributed by atoms with van der Waals surface area (Å²) in [7, 11) is 5.78. The molecule has 30 heteroatoms. The summed E-state index contributed by atoms with van der Waals surface area (Å²) in [5.74, 6) is -1.38. The zero-order valence-electron chi connectivity index (χ0n) is 56.9. The van der Waals surface area contributed by atoms with Gasteiger partial charge in [-0.05, 0) is 150 Å². The molecule has 514 valence electrons. The number of nitro groups is 1. The maximum Gasteiger partial charge on any atom is 0.339 e. The van der Waals surface area contributed by atoms with Gasteiger partial charge in [0.2, 0.25) is 6.20 Å². The molecule has 29 nitrogen and oxygen atoms in total. The summed E-state index contributed by atoms with van der Waals surface area (Å²) in [4.78, 5) is 134. The highest BCUT2D eigenvalue weighted by Crippen LogP contribution is 2.11. The van der Waals surface area contributed by atoms with E-state index >= 15 is 0 Å². The number of imidazole rings is 2. The number of carboxylic acid groups (broad SMARTS) is 1. The number of hydrogen-bond donors (Lipinski definition) is 3. The number of halogens is 1. The van der Waals surface area contributed by atoms with Crippen molar-refractivity contribution in [1.82, 2.24) is 67.3 Å². The number of nitrogens with two attached hydrogens (primary N) is 1. The average Bonchev–Trinajstić information content (AvgIpc) is 1.61. The second-order valence-electron chi connectivity index (χ2n) is 21.0. The van der Waals surface area contributed by atoms with E-state index in [1.54, 1.807) is 62.9 Å². The molecule has 0 atom stereocenters. The molecule has 0 radical (unpaired) electrons. The lowest BCUT2D eigenvalue weighted by Crippen LogP contribution is -2.37. The van der Waals surface area contributed by atoms with Gasteiger partial charge in [0.1, 0.15) is 6.54 Å². The van der Waals surface area contributed by atoms with E-state index in [0.29, 0.717) is 42.0 Å². The molecule has 0 aliphatic heterocycles. The van der Waals surface area contributed by atoms with Crippen LogP contribution >= 0.6 is 22.6 Å². The third-order valence-corrected chi connectivity index (χ3v) is 13.4. The van der Waals surface area contributed by atoms with Gasteiger partial charge in [-0.1, -0.05) is 46.9 Å². The van der Waals surface area contributed by atoms with Gasteiger partial charge < -0.3 is 29.8 Å². The van der Waals surface area contributed by atoms with Crippen LogP contribution in [0.25, 0.3) is 28.4 Å². The van der Waals surface area contributed by atoms with Crippen molar-refractivity contribution >= 4 is 75.0 Å². The highest BCUT2D eigenvalue weighted by molar-refractivity contribution is 14.1. The number of carboxylic acids is 1. The fourth-order valence-corrected chi connectivity index (χ4v) is 8.07. The molecule has 0 aliphatic carbocycles. The van der Waals surface area contributed by atoms with Gasteiger partial charge in [0, 0.05) is 119 Å². The number of Topliss-reactive ketones (excluding diaryl/α,β-unsaturated/α-hetero) is 1. The average molecular weight is 1450 g/mol. The Labute approximate surface area is 573 Å². The molecule has 0 saturated carbocycles. The van der Waals surface area contributed by atoms with Gasteiger partial charge in [-0.15, -0.1) is 0 Å². The van der Waals surface area contributed by atoms with Crippen LogP contribution in [0.3, 0.4) is 0 Å². The first-order valence-electron chi connectivity index (χ1n) is 30.4. The minimum Gasteiger partial charge on any atom is -0.480 e. The fraction of sp³-hybridized carbons (Fsp3) is 0.313. The van der Waals surface area contributed by atoms with Crippen LogP contribution in [-0.2, 0) is 75.1 Å². The zero-order chi connectivity index (χ0) is 73.0. The van der Waals surface area contributed by atoms with Gasteiger partial charge in [0.15, 0.2) is 34.4 Å². The monoisotopic (exact) mass is 1450 g/mol. The van der Waals surface area contributed by atoms with E-state index in [2.05, 4.69) is 45.9 Å². The highest BCUT2D eigenvalue weighted by atomic mass is 127. The maximum atomic E-state index is 12.4. The number of pyridine rings is 6. The topological polar surface area (TPSA) is 388 Å². The van der Waals surface area contributed by atoms with Crippen molar-refractivity contribution in [2.45, 2.75) is 93.8 Å². The van der Waals surface area contributed by atoms with Crippen molar-refractivity contribution in [2.24, 2.45) is 33.9 Å². The Morgan fingerprint density at radius 3 is 1.39 bits per heavy atom. The molecule has 10 aromatic rings. The number of ether oxygens (including phenoxy) is 1. The Morgan fingerprint density at radius 1 is 0.608 bits per heavy atom. The molecule has 10 heterocycles. The minimum absolute atomic E-state index is 0.0141. The molecule has 0 amide bonds. The maximum absolute atomic E-state index is 12.4. The first kappa shape index (κ1) is 78.7. The number of aliphatic hydroxyl groups excluding tert-OH is 1. The largest absolute Gasteiger partial charge is 0.480 e. The van der Waals surface area contributed by atoms with Crippen LogP contribution in [0, 0.1) is 51.7 Å². The van der Waals surface area contributed by atoms with E-state index < -0.39 is 33.4 Å². The third-order valence-electron chi connectivity index (χ3n) is 13.4. The van der Waals surface area contributed by atoms with Crippen LogP contribution < -0.4 is 28.2 Å². The van der Waals surface area contributed by atoms with Crippen molar-refractivity contribution in [3.8, 4) is 0 Å². The lowest BCUT2D eigenvalue weighted by molar-refractivity contribution is -0.400. The van der Waals surface area contributed by atoms with E-state index in [0.717, 1.165) is 85.3 Å². The highest BCUT2D eigenvalue weighted by Gasteiger charge is 2.17. The molecular formula is C67H81IN16O13. The Hall–Kier alpha value is -10.7. The lowest BCUT2D eigenvalue weighted by Gasteiger charge is -2.06. The van der Waals surface area contributed by atoms with Gasteiger partial charge in [-0.2, -0.15) is 0 Å². The molecule has 0 spiro atoms. The number of ketones is 1. The third kappa shape index (κ3) is 26.9. The van der Waals surface area contributed by atoms with Gasteiger partial charge in [0.25, 0.3) is 11.1 Å². The number of aldehydes is 1. The standard InChI is InChI=1S/C18H21N5O3.C9H10N4O4.C9H11NO2.C8H8N2O2.C8H12N2.C7H9NO.C7H7NO.CH3I/c1-12-7-8-13(9-19-12)5-4-6-14(24)10-23-11-20-16-15(23)17(25)22(3)18(26)21(16)2;1-11-7-6(8(16)12(2)9(11)17)13(4-10-7)3-5(14)15;1-3-12-9(11)8-5-4-7(2)10-6-8;1-7-2-3-8(6-9-7)4-5-10(11)12;1-7-2-3-8(4-5-9)6-10-7;2*1-6-2-3-7(5-9)4-8-6;1-2/h7-9,11H,4-6,10H2,1-3H3;4H,3H2,1-2H3,(H,14,15);4-6H,3H2,1-2H3;2-6H,1H3;2-3,6H,4-5,9H2,1H3;2-4,9H,5H2,1H3;2-5H,1H3;1H3/b;;;5-4+;;;;/i;;;;;;;1D. The summed E-state index contributed by atoms with van der Waals surface area (Å²) < 4.78 is 18.2. The molecule has 0 unspecified atom stereocenters. The van der Waals surface area contributed by atoms with Crippen molar-refractivity contribution < 1.29 is 40.4 Å². The normalized spacial score (nSPS) is 10.3. The van der Waals surface area contributed by atoms with Crippen molar-refractivity contribution in [2.75, 3.05) is 18.1 Å². The van der Waals surface area contributed by atoms with Gasteiger partial charge in [0.05, 0.1) is 42.9 Å². The quantitative estimate of drug-likeness (QED) is 0.0233. The van der Waals surface area contributed by atoms with Gasteiger partial charge in [-0.3, -0.25) is 82.3 Å². The van der Waals surface area contributed by atoms with Gasteiger partial charge in [-0.25, -0.2) is 24.4 Å². The first-order valence-corrected chi connectivity index (χ1v) is 31.2. The van der Waals surface area contributed by atoms with Gasteiger partial charge >= 0.3 is 23.3 Å². The minimum atomic E-state index is -1.08. The van der Waals surface area contributed by atoms with Crippen molar-refractivity contribution in [3.05, 3.63) is 248 Å². The molecule has 10 rings (SSSR count). The molecule has 0 aliphatic rings. The molecule has 4 N–H and O–H groups in total. The number of carbonyl (C=O) groups is 4. The van der Waals surface area contributed by atoms with Crippen molar-refractivity contribution in [1.29, 1.82) is 0 Å². The second-order valence-corrected chi connectivity index (χ2v) is 21.0. The van der Waals surface area contributed by atoms with E-state index in [1.807, 2.05) is 113 Å². The summed E-state index contributed by atoms with van der Waals surface area (Å²) in [6.07, 6.45) is 18.6. The smallest absolute Gasteiger partial charge is 0.339 e. The van der Waals surface area contributed by atoms with E-state index in [4.69, 9.17) is 22.1 Å². The number of fused-ring (bicyclic) bond motifs is 2. The number of nitrogens with zero attached hydrogens (tertiary/aromatic N) is 15. The van der Waals surface area contributed by atoms with E-state index in [1.165, 1.54) is 69.9 Å². The van der Waals surface area contributed by atoms with Crippen LogP contribution in [-0.4, -0.2) is 124 Å². The van der Waals surface area contributed by atoms with Crippen molar-refractivity contribution in [3.63, 3.8) is 0 Å². The number of aliphatic hydroxyl groups is 1. The predicted octanol–water partition coefficient (Wildman–Crippen LogP) is 6.48. The Bertz CT molecular complexity index is 4460. The lowest BCUT2D eigenvalue weighted by atomic mass is 10.1. The van der Waals surface area contributed by atoms with Crippen LogP contribution in [0.5, 0.6) is 0 Å². The Kier molecular flexibility index (Phi) is 34.0. The Morgan fingerprint density at radius 2 is 1.02 bits per heavy atom. The number of hydrogen-bond acceptors (Lipinski definition) is 21. The van der Waals surface area contributed by atoms with E-state index in [-0.39, 0.29) is 53.8 Å².